The lowest BCUT2D eigenvalue weighted by Crippen LogP contribution is -2.17. The summed E-state index contributed by atoms with van der Waals surface area (Å²) in [6.07, 6.45) is -3.21. The van der Waals surface area contributed by atoms with E-state index in [-0.39, 0.29) is 12.4 Å². The number of alkyl halides is 3. The maximum atomic E-state index is 13.1. The third-order valence-corrected chi connectivity index (χ3v) is 6.14. The zero-order valence-electron chi connectivity index (χ0n) is 14.8. The molecule has 160 valence electrons. The van der Waals surface area contributed by atoms with Crippen molar-refractivity contribution in [2.75, 3.05) is 4.72 Å². The van der Waals surface area contributed by atoms with Crippen LogP contribution in [-0.4, -0.2) is 26.6 Å². The second kappa shape index (κ2) is 7.72. The first-order chi connectivity index (χ1) is 13.9. The summed E-state index contributed by atoms with van der Waals surface area (Å²) in [5.41, 5.74) is -0.395. The number of halogens is 4. The maximum absolute atomic E-state index is 13.1. The van der Waals surface area contributed by atoms with Crippen LogP contribution in [0.15, 0.2) is 70.6 Å². The fourth-order valence-electron chi connectivity index (χ4n) is 2.51. The van der Waals surface area contributed by atoms with Crippen LogP contribution in [0, 0.1) is 0 Å². The molecular weight excluding hydrogens is 450 g/mol. The summed E-state index contributed by atoms with van der Waals surface area (Å²) in [4.78, 5) is -1.31. The third-order valence-electron chi connectivity index (χ3n) is 3.97. The molecule has 0 fully saturated rings. The van der Waals surface area contributed by atoms with Gasteiger partial charge in [0.05, 0.1) is 28.1 Å². The highest BCUT2D eigenvalue weighted by molar-refractivity contribution is 7.92. The molecule has 0 aliphatic carbocycles. The minimum Gasteiger partial charge on any atom is -0.264 e. The van der Waals surface area contributed by atoms with Crippen LogP contribution in [0.25, 0.3) is 0 Å². The monoisotopic (exact) mass is 463 g/mol. The molecule has 0 aliphatic rings. The van der Waals surface area contributed by atoms with Crippen LogP contribution in [0.1, 0.15) is 11.1 Å². The number of anilines is 1. The number of hydrogen-bond donors (Lipinski definition) is 1. The van der Waals surface area contributed by atoms with Crippen LogP contribution in [0.2, 0.25) is 0 Å². The molecule has 0 bridgehead atoms. The van der Waals surface area contributed by atoms with Gasteiger partial charge in [0, 0.05) is 6.07 Å². The Morgan fingerprint density at radius 3 is 2.17 bits per heavy atom. The van der Waals surface area contributed by atoms with Gasteiger partial charge in [-0.2, -0.15) is 26.7 Å². The van der Waals surface area contributed by atoms with E-state index in [0.717, 1.165) is 30.3 Å². The Morgan fingerprint density at radius 2 is 1.57 bits per heavy atom. The normalized spacial score (nSPS) is 12.7. The number of sulfonamides is 1. The predicted molar refractivity (Wildman–Crippen MR) is 98.3 cm³/mol. The van der Waals surface area contributed by atoms with E-state index in [1.54, 1.807) is 0 Å². The smallest absolute Gasteiger partial charge is 0.264 e. The minimum absolute atomic E-state index is 0.0246. The zero-order chi connectivity index (χ0) is 22.2. The number of hydrogen-bond acceptors (Lipinski definition) is 5. The Hall–Kier alpha value is -2.93. The summed E-state index contributed by atoms with van der Waals surface area (Å²) in [6, 6.07) is 9.27. The average molecular weight is 463 g/mol. The first kappa shape index (κ1) is 21.8. The molecule has 0 atom stereocenters. The molecule has 1 N–H and O–H groups in total. The van der Waals surface area contributed by atoms with Crippen molar-refractivity contribution >= 4 is 26.1 Å². The van der Waals surface area contributed by atoms with Crippen molar-refractivity contribution in [3.05, 3.63) is 71.9 Å². The van der Waals surface area contributed by atoms with Crippen molar-refractivity contribution < 1.29 is 33.9 Å². The molecule has 2 aromatic carbocycles. The van der Waals surface area contributed by atoms with Crippen molar-refractivity contribution in [1.29, 1.82) is 0 Å². The topological polar surface area (TPSA) is 98.1 Å². The van der Waals surface area contributed by atoms with Crippen LogP contribution >= 0.6 is 0 Å². The lowest BCUT2D eigenvalue weighted by molar-refractivity contribution is -0.137. The van der Waals surface area contributed by atoms with Crippen LogP contribution in [0.4, 0.5) is 22.9 Å². The molecule has 0 radical (unpaired) electrons. The minimum atomic E-state index is -5.10. The number of benzene rings is 2. The van der Waals surface area contributed by atoms with E-state index in [1.165, 1.54) is 29.1 Å². The Kier molecular flexibility index (Phi) is 5.60. The molecular formula is C17H13F4N3O4S2. The van der Waals surface area contributed by atoms with Crippen LogP contribution < -0.4 is 4.72 Å². The van der Waals surface area contributed by atoms with Gasteiger partial charge in [0.15, 0.2) is 0 Å². The fraction of sp³-hybridized carbons (Fsp3) is 0.118. The molecule has 7 nitrogen and oxygen atoms in total. The highest BCUT2D eigenvalue weighted by Gasteiger charge is 2.30. The molecule has 30 heavy (non-hydrogen) atoms. The summed E-state index contributed by atoms with van der Waals surface area (Å²) < 4.78 is 102. The summed E-state index contributed by atoms with van der Waals surface area (Å²) in [6.45, 7) is -0.0398. The molecule has 0 spiro atoms. The summed E-state index contributed by atoms with van der Waals surface area (Å²) >= 11 is 0. The van der Waals surface area contributed by atoms with Gasteiger partial charge in [0.25, 0.3) is 10.0 Å². The molecule has 0 saturated carbocycles. The summed E-state index contributed by atoms with van der Waals surface area (Å²) in [7, 11) is -9.40. The van der Waals surface area contributed by atoms with Crippen molar-refractivity contribution in [3.8, 4) is 0 Å². The predicted octanol–water partition coefficient (Wildman–Crippen LogP) is 3.41. The lowest BCUT2D eigenvalue weighted by atomic mass is 10.1. The molecule has 3 rings (SSSR count). The van der Waals surface area contributed by atoms with Gasteiger partial charge in [-0.1, -0.05) is 18.2 Å². The molecule has 0 unspecified atom stereocenters. The van der Waals surface area contributed by atoms with Crippen LogP contribution in [0.5, 0.6) is 0 Å². The largest absolute Gasteiger partial charge is 0.416 e. The van der Waals surface area contributed by atoms with Crippen molar-refractivity contribution in [1.82, 2.24) is 9.78 Å². The van der Waals surface area contributed by atoms with E-state index in [2.05, 4.69) is 9.82 Å². The van der Waals surface area contributed by atoms with E-state index >= 15 is 0 Å². The zero-order valence-corrected chi connectivity index (χ0v) is 16.5. The van der Waals surface area contributed by atoms with E-state index < -0.39 is 41.8 Å². The van der Waals surface area contributed by atoms with Crippen molar-refractivity contribution in [3.63, 3.8) is 0 Å². The molecule has 1 aromatic heterocycles. The molecule has 0 saturated heterocycles. The fourth-order valence-corrected chi connectivity index (χ4v) is 4.20. The van der Waals surface area contributed by atoms with Gasteiger partial charge in [-0.25, -0.2) is 13.1 Å². The van der Waals surface area contributed by atoms with Crippen LogP contribution in [0.3, 0.4) is 0 Å². The molecule has 1 heterocycles. The number of rotatable bonds is 6. The van der Waals surface area contributed by atoms with Gasteiger partial charge in [-0.3, -0.25) is 4.72 Å². The first-order valence-electron chi connectivity index (χ1n) is 8.12. The molecule has 0 aliphatic heterocycles. The summed E-state index contributed by atoms with van der Waals surface area (Å²) in [5, 5.41) is 3.93. The van der Waals surface area contributed by atoms with Crippen molar-refractivity contribution in [2.24, 2.45) is 0 Å². The van der Waals surface area contributed by atoms with Gasteiger partial charge in [-0.15, -0.1) is 3.89 Å². The third kappa shape index (κ3) is 4.97. The molecule has 13 heteroatoms. The second-order valence-corrected chi connectivity index (χ2v) is 9.12. The highest BCUT2D eigenvalue weighted by Crippen LogP contribution is 2.29. The summed E-state index contributed by atoms with van der Waals surface area (Å²) in [5.74, 6) is -0.0246. The Bertz CT molecular complexity index is 1270. The van der Waals surface area contributed by atoms with Crippen molar-refractivity contribution in [2.45, 2.75) is 22.5 Å². The van der Waals surface area contributed by atoms with Gasteiger partial charge >= 0.3 is 16.4 Å². The second-order valence-electron chi connectivity index (χ2n) is 6.09. The number of nitrogens with zero attached hydrogens (tertiary/aromatic N) is 2. The van der Waals surface area contributed by atoms with E-state index in [1.807, 2.05) is 0 Å². The SMILES string of the molecule is O=S(=O)(F)c1cccc(S(=O)(=O)Nc2ccnn2Cc2ccc(C(F)(F)F)cc2)c1. The maximum Gasteiger partial charge on any atom is 0.416 e. The highest BCUT2D eigenvalue weighted by atomic mass is 32.3. The Morgan fingerprint density at radius 1 is 0.933 bits per heavy atom. The van der Waals surface area contributed by atoms with Gasteiger partial charge < -0.3 is 0 Å². The van der Waals surface area contributed by atoms with E-state index in [0.29, 0.717) is 11.6 Å². The number of aromatic nitrogens is 2. The molecule has 0 amide bonds. The van der Waals surface area contributed by atoms with Gasteiger partial charge in [0.1, 0.15) is 5.82 Å². The van der Waals surface area contributed by atoms with Gasteiger partial charge in [-0.05, 0) is 35.9 Å². The molecule has 3 aromatic rings. The van der Waals surface area contributed by atoms with E-state index in [9.17, 15) is 33.9 Å². The van der Waals surface area contributed by atoms with Crippen LogP contribution in [-0.2, 0) is 33.0 Å². The lowest BCUT2D eigenvalue weighted by Gasteiger charge is -2.12. The van der Waals surface area contributed by atoms with Gasteiger partial charge in [0.2, 0.25) is 0 Å². The Balaban J connectivity index is 1.83. The average Bonchev–Trinajstić information content (AvgIpc) is 3.07. The quantitative estimate of drug-likeness (QED) is 0.446. The first-order valence-corrected chi connectivity index (χ1v) is 11.0. The standard InChI is InChI=1S/C17H13F4N3O4S2/c18-17(19,20)13-6-4-12(5-7-13)11-24-16(8-9-22-24)23-30(27,28)15-3-1-2-14(10-15)29(21,25)26/h1-10,23H,11H2. The number of nitrogens with one attached hydrogen (secondary N) is 1. The van der Waals surface area contributed by atoms with E-state index in [4.69, 9.17) is 0 Å². The Labute approximate surface area is 169 Å².